The molecule has 1 aromatic heterocycles. The maximum absolute atomic E-state index is 6.31. The van der Waals surface area contributed by atoms with Gasteiger partial charge in [0.15, 0.2) is 0 Å². The smallest absolute Gasteiger partial charge is 0.0935 e. The monoisotopic (exact) mass is 179 g/mol. The topological polar surface area (TPSA) is 39.2 Å². The maximum Gasteiger partial charge on any atom is 0.0935 e. The van der Waals surface area contributed by atoms with E-state index in [1.54, 1.807) is 6.26 Å². The van der Waals surface area contributed by atoms with Gasteiger partial charge in [-0.25, -0.2) is 0 Å². The third-order valence-corrected chi connectivity index (χ3v) is 2.99. The van der Waals surface area contributed by atoms with Crippen LogP contribution in [0.5, 0.6) is 0 Å². The maximum atomic E-state index is 6.31. The van der Waals surface area contributed by atoms with Crippen molar-refractivity contribution in [1.82, 2.24) is 0 Å². The van der Waals surface area contributed by atoms with E-state index in [4.69, 9.17) is 10.2 Å². The van der Waals surface area contributed by atoms with Gasteiger partial charge in [0.2, 0.25) is 0 Å². The van der Waals surface area contributed by atoms with Crippen LogP contribution in [-0.2, 0) is 6.42 Å². The standard InChI is InChI=1S/C11H17NO/c12-11(5-2-1-3-6-11)8-10-4-7-13-9-10/h4,7,9H,1-3,5-6,8,12H2. The van der Waals surface area contributed by atoms with Crippen molar-refractivity contribution in [3.05, 3.63) is 24.2 Å². The molecule has 0 bridgehead atoms. The molecule has 0 spiro atoms. The summed E-state index contributed by atoms with van der Waals surface area (Å²) < 4.78 is 5.05. The van der Waals surface area contributed by atoms with Crippen LogP contribution in [0.1, 0.15) is 37.7 Å². The number of furan rings is 1. The molecule has 2 heteroatoms. The Bertz CT molecular complexity index is 247. The van der Waals surface area contributed by atoms with Crippen molar-refractivity contribution in [2.24, 2.45) is 5.73 Å². The van der Waals surface area contributed by atoms with Crippen LogP contribution in [0.3, 0.4) is 0 Å². The van der Waals surface area contributed by atoms with Crippen LogP contribution in [0.25, 0.3) is 0 Å². The highest BCUT2D eigenvalue weighted by molar-refractivity contribution is 5.11. The lowest BCUT2D eigenvalue weighted by Gasteiger charge is -2.33. The highest BCUT2D eigenvalue weighted by Crippen LogP contribution is 2.28. The number of hydrogen-bond acceptors (Lipinski definition) is 2. The van der Waals surface area contributed by atoms with Gasteiger partial charge in [0.25, 0.3) is 0 Å². The van der Waals surface area contributed by atoms with Gasteiger partial charge in [0, 0.05) is 5.54 Å². The molecule has 72 valence electrons. The molecule has 1 aliphatic carbocycles. The average molecular weight is 179 g/mol. The fourth-order valence-electron chi connectivity index (χ4n) is 2.23. The van der Waals surface area contributed by atoms with Crippen LogP contribution in [0, 0.1) is 0 Å². The summed E-state index contributed by atoms with van der Waals surface area (Å²) in [5.41, 5.74) is 7.59. The van der Waals surface area contributed by atoms with Crippen LogP contribution >= 0.6 is 0 Å². The number of rotatable bonds is 2. The van der Waals surface area contributed by atoms with Gasteiger partial charge in [0.1, 0.15) is 0 Å². The second-order valence-corrected chi connectivity index (χ2v) is 4.23. The zero-order chi connectivity index (χ0) is 9.15. The largest absolute Gasteiger partial charge is 0.472 e. The van der Waals surface area contributed by atoms with E-state index in [1.807, 2.05) is 12.3 Å². The molecule has 0 saturated heterocycles. The van der Waals surface area contributed by atoms with Crippen LogP contribution in [0.2, 0.25) is 0 Å². The molecule has 0 amide bonds. The van der Waals surface area contributed by atoms with E-state index in [2.05, 4.69) is 0 Å². The molecule has 1 aliphatic rings. The Labute approximate surface area is 79.1 Å². The van der Waals surface area contributed by atoms with Crippen LogP contribution in [0.15, 0.2) is 23.0 Å². The van der Waals surface area contributed by atoms with Gasteiger partial charge in [-0.2, -0.15) is 0 Å². The second kappa shape index (κ2) is 3.54. The van der Waals surface area contributed by atoms with E-state index in [0.29, 0.717) is 0 Å². The summed E-state index contributed by atoms with van der Waals surface area (Å²) in [5, 5.41) is 0. The average Bonchev–Trinajstić information content (AvgIpc) is 2.57. The molecule has 0 aromatic carbocycles. The Hall–Kier alpha value is -0.760. The quantitative estimate of drug-likeness (QED) is 0.757. The summed E-state index contributed by atoms with van der Waals surface area (Å²) in [6.07, 6.45) is 10.8. The van der Waals surface area contributed by atoms with Gasteiger partial charge >= 0.3 is 0 Å². The van der Waals surface area contributed by atoms with E-state index < -0.39 is 0 Å². The minimum Gasteiger partial charge on any atom is -0.472 e. The predicted octanol–water partition coefficient (Wildman–Crippen LogP) is 2.48. The highest BCUT2D eigenvalue weighted by Gasteiger charge is 2.27. The Morgan fingerprint density at radius 1 is 1.31 bits per heavy atom. The van der Waals surface area contributed by atoms with Crippen molar-refractivity contribution in [2.45, 2.75) is 44.1 Å². The van der Waals surface area contributed by atoms with Gasteiger partial charge in [-0.05, 0) is 30.9 Å². The normalized spacial score (nSPS) is 21.6. The molecule has 0 atom stereocenters. The Kier molecular flexibility index (Phi) is 2.40. The van der Waals surface area contributed by atoms with Crippen LogP contribution < -0.4 is 5.73 Å². The van der Waals surface area contributed by atoms with E-state index in [9.17, 15) is 0 Å². The molecule has 0 unspecified atom stereocenters. The Morgan fingerprint density at radius 2 is 2.08 bits per heavy atom. The molecule has 0 aliphatic heterocycles. The molecule has 0 radical (unpaired) electrons. The summed E-state index contributed by atoms with van der Waals surface area (Å²) >= 11 is 0. The molecule has 1 saturated carbocycles. The third kappa shape index (κ3) is 2.13. The zero-order valence-electron chi connectivity index (χ0n) is 7.96. The first-order valence-corrected chi connectivity index (χ1v) is 5.08. The molecule has 2 rings (SSSR count). The zero-order valence-corrected chi connectivity index (χ0v) is 7.96. The van der Waals surface area contributed by atoms with Crippen LogP contribution in [-0.4, -0.2) is 5.54 Å². The fourth-order valence-corrected chi connectivity index (χ4v) is 2.23. The van der Waals surface area contributed by atoms with Crippen molar-refractivity contribution in [3.8, 4) is 0 Å². The Morgan fingerprint density at radius 3 is 2.69 bits per heavy atom. The van der Waals surface area contributed by atoms with E-state index in [-0.39, 0.29) is 5.54 Å². The van der Waals surface area contributed by atoms with E-state index in [0.717, 1.165) is 19.3 Å². The van der Waals surface area contributed by atoms with E-state index >= 15 is 0 Å². The minimum atomic E-state index is 0.0438. The lowest BCUT2D eigenvalue weighted by atomic mass is 9.79. The van der Waals surface area contributed by atoms with Gasteiger partial charge in [-0.1, -0.05) is 19.3 Å². The van der Waals surface area contributed by atoms with Crippen molar-refractivity contribution < 1.29 is 4.42 Å². The van der Waals surface area contributed by atoms with Crippen molar-refractivity contribution in [2.75, 3.05) is 0 Å². The first kappa shape index (κ1) is 8.82. The predicted molar refractivity (Wildman–Crippen MR) is 52.4 cm³/mol. The summed E-state index contributed by atoms with van der Waals surface area (Å²) in [4.78, 5) is 0. The molecule has 13 heavy (non-hydrogen) atoms. The molecular weight excluding hydrogens is 162 g/mol. The summed E-state index contributed by atoms with van der Waals surface area (Å²) in [7, 11) is 0. The summed E-state index contributed by atoms with van der Waals surface area (Å²) in [5.74, 6) is 0. The summed E-state index contributed by atoms with van der Waals surface area (Å²) in [6.45, 7) is 0. The van der Waals surface area contributed by atoms with Crippen LogP contribution in [0.4, 0.5) is 0 Å². The molecule has 2 N–H and O–H groups in total. The van der Waals surface area contributed by atoms with Gasteiger partial charge in [-0.3, -0.25) is 0 Å². The molecule has 1 fully saturated rings. The van der Waals surface area contributed by atoms with Crippen molar-refractivity contribution >= 4 is 0 Å². The van der Waals surface area contributed by atoms with Gasteiger partial charge in [0.05, 0.1) is 12.5 Å². The number of nitrogens with two attached hydrogens (primary N) is 1. The fraction of sp³-hybridized carbons (Fsp3) is 0.636. The first-order chi connectivity index (χ1) is 6.29. The molecular formula is C11H17NO. The third-order valence-electron chi connectivity index (χ3n) is 2.99. The Balaban J connectivity index is 1.99. The lowest BCUT2D eigenvalue weighted by Crippen LogP contribution is -2.43. The second-order valence-electron chi connectivity index (χ2n) is 4.23. The van der Waals surface area contributed by atoms with Gasteiger partial charge in [-0.15, -0.1) is 0 Å². The highest BCUT2D eigenvalue weighted by atomic mass is 16.3. The first-order valence-electron chi connectivity index (χ1n) is 5.08. The molecule has 1 aromatic rings. The SMILES string of the molecule is NC1(Cc2ccoc2)CCCCC1. The van der Waals surface area contributed by atoms with E-state index in [1.165, 1.54) is 24.8 Å². The minimum absolute atomic E-state index is 0.0438. The summed E-state index contributed by atoms with van der Waals surface area (Å²) in [6, 6.07) is 2.02. The number of hydrogen-bond donors (Lipinski definition) is 1. The van der Waals surface area contributed by atoms with Gasteiger partial charge < -0.3 is 10.2 Å². The molecule has 1 heterocycles. The van der Waals surface area contributed by atoms with Crippen molar-refractivity contribution in [1.29, 1.82) is 0 Å². The molecule has 2 nitrogen and oxygen atoms in total. The van der Waals surface area contributed by atoms with Crippen molar-refractivity contribution in [3.63, 3.8) is 0 Å². The lowest BCUT2D eigenvalue weighted by molar-refractivity contribution is 0.293.